The number of hydrogen-bond acceptors (Lipinski definition) is 3. The lowest BCUT2D eigenvalue weighted by Gasteiger charge is -2.25. The highest BCUT2D eigenvalue weighted by Gasteiger charge is 2.54. The quantitative estimate of drug-likeness (QED) is 0.909. The molecule has 126 valence electrons. The van der Waals surface area contributed by atoms with Crippen LogP contribution in [0.2, 0.25) is 0 Å². The van der Waals surface area contributed by atoms with Gasteiger partial charge in [0.15, 0.2) is 0 Å². The Morgan fingerprint density at radius 2 is 1.96 bits per heavy atom. The third-order valence-electron chi connectivity index (χ3n) is 4.70. The first kappa shape index (κ1) is 16.2. The van der Waals surface area contributed by atoms with Crippen LogP contribution in [0.25, 0.3) is 0 Å². The van der Waals surface area contributed by atoms with Gasteiger partial charge in [0, 0.05) is 24.2 Å². The molecule has 1 saturated heterocycles. The molecule has 6 heteroatoms. The van der Waals surface area contributed by atoms with Gasteiger partial charge in [0.1, 0.15) is 17.4 Å². The summed E-state index contributed by atoms with van der Waals surface area (Å²) in [6, 6.07) is 1.81. The number of benzene rings is 1. The number of rotatable bonds is 2. The number of carbonyl (C=O) groups excluding carboxylic acids is 1. The van der Waals surface area contributed by atoms with E-state index in [0.29, 0.717) is 18.4 Å². The van der Waals surface area contributed by atoms with E-state index in [2.05, 4.69) is 0 Å². The molecule has 1 N–H and O–H groups in total. The Kier molecular flexibility index (Phi) is 3.83. The van der Waals surface area contributed by atoms with Gasteiger partial charge in [-0.25, -0.2) is 13.6 Å². The minimum absolute atomic E-state index is 0.0343. The van der Waals surface area contributed by atoms with Crippen LogP contribution < -0.4 is 4.74 Å². The normalized spacial score (nSPS) is 26.2. The monoisotopic (exact) mass is 325 g/mol. The SMILES string of the molecule is CC(C)(C)c1c(F)cc(OC(=O)N2CC3CC3C2CO)cc1F. The van der Waals surface area contributed by atoms with Gasteiger partial charge >= 0.3 is 6.09 Å². The Labute approximate surface area is 134 Å². The van der Waals surface area contributed by atoms with Crippen molar-refractivity contribution in [3.63, 3.8) is 0 Å². The van der Waals surface area contributed by atoms with E-state index in [0.717, 1.165) is 18.6 Å². The molecule has 1 heterocycles. The minimum atomic E-state index is -0.733. The van der Waals surface area contributed by atoms with E-state index in [1.165, 1.54) is 4.90 Å². The zero-order chi connectivity index (χ0) is 16.9. The van der Waals surface area contributed by atoms with Crippen LogP contribution in [-0.4, -0.2) is 35.3 Å². The number of halogens is 2. The van der Waals surface area contributed by atoms with E-state index >= 15 is 0 Å². The highest BCUT2D eigenvalue weighted by atomic mass is 19.1. The van der Waals surface area contributed by atoms with Crippen LogP contribution >= 0.6 is 0 Å². The molecule has 3 atom stereocenters. The molecular weight excluding hydrogens is 304 g/mol. The van der Waals surface area contributed by atoms with E-state index in [-0.39, 0.29) is 24.0 Å². The van der Waals surface area contributed by atoms with Crippen LogP contribution in [0.15, 0.2) is 12.1 Å². The number of nitrogens with zero attached hydrogens (tertiary/aromatic N) is 1. The zero-order valence-corrected chi connectivity index (χ0v) is 13.5. The minimum Gasteiger partial charge on any atom is -0.410 e. The molecule has 1 aliphatic carbocycles. The van der Waals surface area contributed by atoms with Crippen LogP contribution in [-0.2, 0) is 5.41 Å². The maximum absolute atomic E-state index is 14.2. The van der Waals surface area contributed by atoms with Gasteiger partial charge < -0.3 is 14.7 Å². The van der Waals surface area contributed by atoms with Crippen LogP contribution in [0.5, 0.6) is 5.75 Å². The molecule has 0 bridgehead atoms. The number of amides is 1. The predicted molar refractivity (Wildman–Crippen MR) is 80.3 cm³/mol. The van der Waals surface area contributed by atoms with Gasteiger partial charge in [0.25, 0.3) is 0 Å². The zero-order valence-electron chi connectivity index (χ0n) is 13.5. The summed E-state index contributed by atoms with van der Waals surface area (Å²) in [7, 11) is 0. The molecular formula is C17H21F2NO3. The molecule has 0 spiro atoms. The summed E-state index contributed by atoms with van der Waals surface area (Å²) in [6.07, 6.45) is 0.344. The fourth-order valence-corrected chi connectivity index (χ4v) is 3.50. The lowest BCUT2D eigenvalue weighted by Crippen LogP contribution is -2.42. The number of piperidine rings is 1. The van der Waals surface area contributed by atoms with Crippen molar-refractivity contribution in [2.75, 3.05) is 13.2 Å². The summed E-state index contributed by atoms with van der Waals surface area (Å²) in [5.41, 5.74) is -0.720. The maximum atomic E-state index is 14.2. The number of fused-ring (bicyclic) bond motifs is 1. The molecule has 2 aliphatic rings. The fraction of sp³-hybridized carbons (Fsp3) is 0.588. The summed E-state index contributed by atoms with van der Waals surface area (Å²) in [5, 5.41) is 9.39. The molecule has 4 nitrogen and oxygen atoms in total. The van der Waals surface area contributed by atoms with Crippen LogP contribution in [0.4, 0.5) is 13.6 Å². The predicted octanol–water partition coefficient (Wildman–Crippen LogP) is 3.07. The van der Waals surface area contributed by atoms with Crippen LogP contribution in [0, 0.1) is 23.5 Å². The van der Waals surface area contributed by atoms with E-state index in [1.54, 1.807) is 20.8 Å². The lowest BCUT2D eigenvalue weighted by molar-refractivity contribution is 0.112. The number of carbonyl (C=O) groups is 1. The molecule has 0 aromatic heterocycles. The van der Waals surface area contributed by atoms with Crippen molar-refractivity contribution < 1.29 is 23.4 Å². The smallest absolute Gasteiger partial charge is 0.410 e. The van der Waals surface area contributed by atoms with Crippen molar-refractivity contribution in [2.45, 2.75) is 38.6 Å². The Hall–Kier alpha value is -1.69. The average molecular weight is 325 g/mol. The van der Waals surface area contributed by atoms with Gasteiger partial charge in [-0.3, -0.25) is 0 Å². The summed E-state index contributed by atoms with van der Waals surface area (Å²) in [6.45, 7) is 5.54. The first-order chi connectivity index (χ1) is 10.7. The molecule has 1 aromatic rings. The number of hydrogen-bond donors (Lipinski definition) is 1. The van der Waals surface area contributed by atoms with Gasteiger partial charge in [-0.15, -0.1) is 0 Å². The third-order valence-corrected chi connectivity index (χ3v) is 4.70. The Balaban J connectivity index is 1.77. The summed E-state index contributed by atoms with van der Waals surface area (Å²) >= 11 is 0. The Morgan fingerprint density at radius 1 is 1.35 bits per heavy atom. The standard InChI is InChI=1S/C17H21F2NO3/c1-17(2,3)15-12(18)5-10(6-13(15)19)23-16(22)20-7-9-4-11(9)14(20)8-21/h5-6,9,11,14,21H,4,7-8H2,1-3H3. The topological polar surface area (TPSA) is 49.8 Å². The van der Waals surface area contributed by atoms with Gasteiger partial charge in [0.05, 0.1) is 12.6 Å². The second-order valence-electron chi connectivity index (χ2n) is 7.44. The number of aliphatic hydroxyl groups excluding tert-OH is 1. The molecule has 1 aliphatic heterocycles. The maximum Gasteiger partial charge on any atom is 0.415 e. The highest BCUT2D eigenvalue weighted by Crippen LogP contribution is 2.49. The molecule has 3 unspecified atom stereocenters. The first-order valence-corrected chi connectivity index (χ1v) is 7.81. The third kappa shape index (κ3) is 2.92. The van der Waals surface area contributed by atoms with E-state index < -0.39 is 23.1 Å². The van der Waals surface area contributed by atoms with E-state index in [1.807, 2.05) is 0 Å². The van der Waals surface area contributed by atoms with Crippen LogP contribution in [0.1, 0.15) is 32.8 Å². The second-order valence-corrected chi connectivity index (χ2v) is 7.44. The van der Waals surface area contributed by atoms with Crippen molar-refractivity contribution in [1.29, 1.82) is 0 Å². The fourth-order valence-electron chi connectivity index (χ4n) is 3.50. The summed E-state index contributed by atoms with van der Waals surface area (Å²) in [4.78, 5) is 13.7. The Bertz CT molecular complexity index is 618. The van der Waals surface area contributed by atoms with Crippen molar-refractivity contribution in [2.24, 2.45) is 11.8 Å². The highest BCUT2D eigenvalue weighted by molar-refractivity contribution is 5.72. The average Bonchev–Trinajstić information content (AvgIpc) is 3.07. The van der Waals surface area contributed by atoms with Gasteiger partial charge in [0.2, 0.25) is 0 Å². The largest absolute Gasteiger partial charge is 0.415 e. The van der Waals surface area contributed by atoms with Gasteiger partial charge in [-0.05, 0) is 23.7 Å². The molecule has 2 fully saturated rings. The van der Waals surface area contributed by atoms with Gasteiger partial charge in [-0.1, -0.05) is 20.8 Å². The summed E-state index contributed by atoms with van der Waals surface area (Å²) < 4.78 is 33.4. The molecule has 23 heavy (non-hydrogen) atoms. The first-order valence-electron chi connectivity index (χ1n) is 7.81. The van der Waals surface area contributed by atoms with Crippen molar-refractivity contribution >= 4 is 6.09 Å². The van der Waals surface area contributed by atoms with Crippen molar-refractivity contribution in [3.05, 3.63) is 29.3 Å². The second kappa shape index (κ2) is 5.44. The molecule has 0 radical (unpaired) electrons. The van der Waals surface area contributed by atoms with E-state index in [9.17, 15) is 18.7 Å². The molecule has 1 amide bonds. The number of likely N-dealkylation sites (tertiary alicyclic amines) is 1. The Morgan fingerprint density at radius 3 is 2.48 bits per heavy atom. The number of aliphatic hydroxyl groups is 1. The van der Waals surface area contributed by atoms with Crippen molar-refractivity contribution in [3.8, 4) is 5.75 Å². The van der Waals surface area contributed by atoms with Crippen molar-refractivity contribution in [1.82, 2.24) is 4.90 Å². The molecule has 1 aromatic carbocycles. The van der Waals surface area contributed by atoms with Gasteiger partial charge in [-0.2, -0.15) is 0 Å². The number of ether oxygens (including phenoxy) is 1. The molecule has 1 saturated carbocycles. The molecule has 3 rings (SSSR count). The van der Waals surface area contributed by atoms with E-state index in [4.69, 9.17) is 4.74 Å². The van der Waals surface area contributed by atoms with Crippen LogP contribution in [0.3, 0.4) is 0 Å². The summed E-state index contributed by atoms with van der Waals surface area (Å²) in [5.74, 6) is -0.887. The lowest BCUT2D eigenvalue weighted by atomic mass is 9.86.